The molecule has 0 saturated carbocycles. The summed E-state index contributed by atoms with van der Waals surface area (Å²) in [5.74, 6) is 4.84. The Hall–Kier alpha value is -3.03. The number of carboxylic acid groups (broad SMARTS) is 1. The first-order valence-electron chi connectivity index (χ1n) is 7.52. The van der Waals surface area contributed by atoms with E-state index in [1.54, 1.807) is 12.1 Å². The molecule has 0 amide bonds. The third-order valence-corrected chi connectivity index (χ3v) is 3.39. The summed E-state index contributed by atoms with van der Waals surface area (Å²) in [5.41, 5.74) is 1.66. The SMILES string of the molecule is C=CCN(CC#Cc1ccccc1)Cc1ccc(O)c(C(=O)O)c1. The molecule has 2 rings (SSSR count). The zero-order valence-electron chi connectivity index (χ0n) is 13.3. The summed E-state index contributed by atoms with van der Waals surface area (Å²) < 4.78 is 0. The second-order valence-electron chi connectivity index (χ2n) is 5.28. The van der Waals surface area contributed by atoms with Crippen LogP contribution in [0, 0.1) is 11.8 Å². The predicted molar refractivity (Wildman–Crippen MR) is 93.9 cm³/mol. The highest BCUT2D eigenvalue weighted by molar-refractivity contribution is 5.90. The number of nitrogens with zero attached hydrogens (tertiary/aromatic N) is 1. The third kappa shape index (κ3) is 5.01. The lowest BCUT2D eigenvalue weighted by molar-refractivity contribution is 0.0693. The molecule has 0 radical (unpaired) electrons. The number of hydrogen-bond acceptors (Lipinski definition) is 3. The van der Waals surface area contributed by atoms with Gasteiger partial charge in [0.15, 0.2) is 0 Å². The molecule has 0 atom stereocenters. The van der Waals surface area contributed by atoms with Crippen LogP contribution >= 0.6 is 0 Å². The largest absolute Gasteiger partial charge is 0.507 e. The van der Waals surface area contributed by atoms with Crippen molar-refractivity contribution in [3.63, 3.8) is 0 Å². The molecule has 2 aromatic rings. The van der Waals surface area contributed by atoms with E-state index in [-0.39, 0.29) is 11.3 Å². The standard InChI is InChI=1S/C20H19NO3/c1-2-12-21(13-6-9-16-7-4-3-5-8-16)15-17-10-11-19(22)18(14-17)20(23)24/h2-5,7-8,10-11,14,22H,1,12-13,15H2,(H,23,24). The molecular weight excluding hydrogens is 302 g/mol. The Bertz CT molecular complexity index is 772. The van der Waals surface area contributed by atoms with Crippen LogP contribution < -0.4 is 0 Å². The summed E-state index contributed by atoms with van der Waals surface area (Å²) in [4.78, 5) is 13.1. The number of carboxylic acids is 1. The quantitative estimate of drug-likeness (QED) is 0.634. The molecule has 2 aromatic carbocycles. The van der Waals surface area contributed by atoms with Crippen LogP contribution in [-0.2, 0) is 6.54 Å². The predicted octanol–water partition coefficient (Wildman–Crippen LogP) is 3.13. The molecule has 4 nitrogen and oxygen atoms in total. The highest BCUT2D eigenvalue weighted by Gasteiger charge is 2.11. The van der Waals surface area contributed by atoms with Crippen LogP contribution in [0.15, 0.2) is 61.2 Å². The fraction of sp³-hybridized carbons (Fsp3) is 0.150. The second-order valence-corrected chi connectivity index (χ2v) is 5.28. The molecule has 4 heteroatoms. The number of hydrogen-bond donors (Lipinski definition) is 2. The number of benzene rings is 2. The van der Waals surface area contributed by atoms with Crippen LogP contribution in [0.1, 0.15) is 21.5 Å². The maximum atomic E-state index is 11.1. The molecule has 122 valence electrons. The van der Waals surface area contributed by atoms with E-state index in [1.807, 2.05) is 35.2 Å². The molecular formula is C20H19NO3. The monoisotopic (exact) mass is 321 g/mol. The van der Waals surface area contributed by atoms with Crippen LogP contribution in [0.3, 0.4) is 0 Å². The van der Waals surface area contributed by atoms with Gasteiger partial charge in [-0.2, -0.15) is 0 Å². The Morgan fingerprint density at radius 3 is 2.62 bits per heavy atom. The zero-order valence-corrected chi connectivity index (χ0v) is 13.3. The van der Waals surface area contributed by atoms with E-state index in [4.69, 9.17) is 5.11 Å². The Morgan fingerprint density at radius 2 is 1.96 bits per heavy atom. The first-order valence-corrected chi connectivity index (χ1v) is 7.52. The van der Waals surface area contributed by atoms with Gasteiger partial charge >= 0.3 is 5.97 Å². The molecule has 0 unspecified atom stereocenters. The highest BCUT2D eigenvalue weighted by Crippen LogP contribution is 2.19. The van der Waals surface area contributed by atoms with Crippen molar-refractivity contribution in [2.45, 2.75) is 6.54 Å². The fourth-order valence-corrected chi connectivity index (χ4v) is 2.25. The van der Waals surface area contributed by atoms with Gasteiger partial charge in [-0.25, -0.2) is 4.79 Å². The number of rotatable bonds is 6. The summed E-state index contributed by atoms with van der Waals surface area (Å²) in [6.45, 7) is 5.43. The van der Waals surface area contributed by atoms with Gasteiger partial charge in [0.05, 0.1) is 6.54 Å². The Kier molecular flexibility index (Phi) is 6.18. The minimum atomic E-state index is -1.14. The van der Waals surface area contributed by atoms with Gasteiger partial charge in [0.25, 0.3) is 0 Å². The summed E-state index contributed by atoms with van der Waals surface area (Å²) in [5, 5.41) is 18.7. The van der Waals surface area contributed by atoms with Crippen molar-refractivity contribution in [2.75, 3.05) is 13.1 Å². The molecule has 0 aromatic heterocycles. The van der Waals surface area contributed by atoms with Crippen LogP contribution in [-0.4, -0.2) is 34.2 Å². The van der Waals surface area contributed by atoms with Gasteiger partial charge in [-0.15, -0.1) is 6.58 Å². The fourth-order valence-electron chi connectivity index (χ4n) is 2.25. The molecule has 0 bridgehead atoms. The van der Waals surface area contributed by atoms with Crippen LogP contribution in [0.25, 0.3) is 0 Å². The van der Waals surface area contributed by atoms with Crippen molar-refractivity contribution in [1.29, 1.82) is 0 Å². The normalized spacial score (nSPS) is 10.0. The van der Waals surface area contributed by atoms with E-state index in [0.717, 1.165) is 11.1 Å². The van der Waals surface area contributed by atoms with Gasteiger partial charge in [0.2, 0.25) is 0 Å². The lowest BCUT2D eigenvalue weighted by Crippen LogP contribution is -2.23. The smallest absolute Gasteiger partial charge is 0.339 e. The maximum Gasteiger partial charge on any atom is 0.339 e. The molecule has 0 saturated heterocycles. The van der Waals surface area contributed by atoms with E-state index in [1.165, 1.54) is 12.1 Å². The molecule has 0 aliphatic rings. The van der Waals surface area contributed by atoms with Gasteiger partial charge in [0, 0.05) is 18.7 Å². The molecule has 0 aliphatic heterocycles. The van der Waals surface area contributed by atoms with Crippen molar-refractivity contribution in [3.8, 4) is 17.6 Å². The summed E-state index contributed by atoms with van der Waals surface area (Å²) in [7, 11) is 0. The van der Waals surface area contributed by atoms with E-state index in [0.29, 0.717) is 19.6 Å². The van der Waals surface area contributed by atoms with Crippen LogP contribution in [0.5, 0.6) is 5.75 Å². The molecule has 0 aliphatic carbocycles. The lowest BCUT2D eigenvalue weighted by atomic mass is 10.1. The van der Waals surface area contributed by atoms with Gasteiger partial charge in [-0.3, -0.25) is 4.90 Å². The first kappa shape index (κ1) is 17.3. The van der Waals surface area contributed by atoms with Gasteiger partial charge in [-0.1, -0.05) is 42.2 Å². The Morgan fingerprint density at radius 1 is 1.21 bits per heavy atom. The van der Waals surface area contributed by atoms with E-state index in [2.05, 4.69) is 18.4 Å². The summed E-state index contributed by atoms with van der Waals surface area (Å²) >= 11 is 0. The average Bonchev–Trinajstić information content (AvgIpc) is 2.57. The maximum absolute atomic E-state index is 11.1. The number of carbonyl (C=O) groups is 1. The summed E-state index contributed by atoms with van der Waals surface area (Å²) in [6.07, 6.45) is 1.78. The number of aromatic hydroxyl groups is 1. The molecule has 0 fully saturated rings. The second kappa shape index (κ2) is 8.56. The van der Waals surface area contributed by atoms with Gasteiger partial charge in [0.1, 0.15) is 11.3 Å². The first-order chi connectivity index (χ1) is 11.6. The zero-order chi connectivity index (χ0) is 17.4. The third-order valence-electron chi connectivity index (χ3n) is 3.39. The number of phenols is 1. The molecule has 0 spiro atoms. The highest BCUT2D eigenvalue weighted by atomic mass is 16.4. The van der Waals surface area contributed by atoms with Crippen molar-refractivity contribution < 1.29 is 15.0 Å². The van der Waals surface area contributed by atoms with E-state index < -0.39 is 5.97 Å². The molecule has 2 N–H and O–H groups in total. The van der Waals surface area contributed by atoms with Crippen molar-refractivity contribution in [1.82, 2.24) is 4.90 Å². The topological polar surface area (TPSA) is 60.8 Å². The van der Waals surface area contributed by atoms with Gasteiger partial charge in [-0.05, 0) is 29.8 Å². The van der Waals surface area contributed by atoms with Crippen molar-refractivity contribution in [2.24, 2.45) is 0 Å². The Balaban J connectivity index is 2.09. The molecule has 0 heterocycles. The number of aromatic carboxylic acids is 1. The summed E-state index contributed by atoms with van der Waals surface area (Å²) in [6, 6.07) is 14.3. The lowest BCUT2D eigenvalue weighted by Gasteiger charge is -2.18. The van der Waals surface area contributed by atoms with Gasteiger partial charge < -0.3 is 10.2 Å². The van der Waals surface area contributed by atoms with E-state index in [9.17, 15) is 9.90 Å². The minimum Gasteiger partial charge on any atom is -0.507 e. The molecule has 24 heavy (non-hydrogen) atoms. The van der Waals surface area contributed by atoms with Crippen molar-refractivity contribution >= 4 is 5.97 Å². The van der Waals surface area contributed by atoms with Crippen LogP contribution in [0.2, 0.25) is 0 Å². The Labute approximate surface area is 141 Å². The van der Waals surface area contributed by atoms with E-state index >= 15 is 0 Å². The minimum absolute atomic E-state index is 0.0959. The van der Waals surface area contributed by atoms with Crippen molar-refractivity contribution in [3.05, 3.63) is 77.9 Å². The van der Waals surface area contributed by atoms with Crippen LogP contribution in [0.4, 0.5) is 0 Å². The average molecular weight is 321 g/mol.